The summed E-state index contributed by atoms with van der Waals surface area (Å²) in [6.45, 7) is 0.119. The van der Waals surface area contributed by atoms with Gasteiger partial charge >= 0.3 is 0 Å². The highest BCUT2D eigenvalue weighted by molar-refractivity contribution is 9.10. The van der Waals surface area contributed by atoms with Crippen molar-refractivity contribution >= 4 is 43.2 Å². The van der Waals surface area contributed by atoms with Crippen molar-refractivity contribution in [2.24, 2.45) is 0 Å². The summed E-state index contributed by atoms with van der Waals surface area (Å²) < 4.78 is 28.1. The molecule has 4 nitrogen and oxygen atoms in total. The molecular formula is C13H8Br2F2N2O2. The highest BCUT2D eigenvalue weighted by Gasteiger charge is 2.12. The maximum absolute atomic E-state index is 13.7. The molecule has 0 fully saturated rings. The minimum Gasteiger partial charge on any atom is -0.376 e. The molecule has 0 saturated carbocycles. The Morgan fingerprint density at radius 3 is 2.29 bits per heavy atom. The summed E-state index contributed by atoms with van der Waals surface area (Å²) in [5, 5.41) is 13.3. The zero-order valence-electron chi connectivity index (χ0n) is 10.4. The van der Waals surface area contributed by atoms with Gasteiger partial charge in [0.05, 0.1) is 4.92 Å². The first-order valence-electron chi connectivity index (χ1n) is 5.69. The summed E-state index contributed by atoms with van der Waals surface area (Å²) in [5.74, 6) is -1.44. The van der Waals surface area contributed by atoms with Crippen LogP contribution in [0.2, 0.25) is 0 Å². The molecule has 0 heterocycles. The number of non-ortho nitro benzene ring substituents is 1. The monoisotopic (exact) mass is 420 g/mol. The largest absolute Gasteiger partial charge is 0.376 e. The number of hydrogen-bond acceptors (Lipinski definition) is 3. The van der Waals surface area contributed by atoms with Crippen molar-refractivity contribution in [2.75, 3.05) is 5.32 Å². The third-order valence-corrected chi connectivity index (χ3v) is 3.91. The standard InChI is InChI=1S/C13H8Br2F2N2O2/c14-8-3-11(16)13(12(17)4-8)18-6-7-1-2-9(19(20)21)5-10(7)15/h1-5,18H,6H2. The van der Waals surface area contributed by atoms with Crippen molar-refractivity contribution in [1.82, 2.24) is 0 Å². The van der Waals surface area contributed by atoms with Crippen LogP contribution in [0.5, 0.6) is 0 Å². The molecule has 0 atom stereocenters. The van der Waals surface area contributed by atoms with Crippen molar-refractivity contribution < 1.29 is 13.7 Å². The van der Waals surface area contributed by atoms with Crippen LogP contribution in [0.15, 0.2) is 39.3 Å². The molecule has 0 aliphatic rings. The summed E-state index contributed by atoms with van der Waals surface area (Å²) in [5.41, 5.74) is 0.331. The van der Waals surface area contributed by atoms with E-state index in [1.54, 1.807) is 0 Å². The molecule has 0 aromatic heterocycles. The van der Waals surface area contributed by atoms with Crippen molar-refractivity contribution in [2.45, 2.75) is 6.54 Å². The Morgan fingerprint density at radius 2 is 1.76 bits per heavy atom. The first-order chi connectivity index (χ1) is 9.88. The van der Waals surface area contributed by atoms with E-state index in [-0.39, 0.29) is 17.9 Å². The third-order valence-electron chi connectivity index (χ3n) is 2.71. The van der Waals surface area contributed by atoms with E-state index in [0.717, 1.165) is 12.1 Å². The summed E-state index contributed by atoms with van der Waals surface area (Å²) >= 11 is 6.20. The second kappa shape index (κ2) is 6.48. The Bertz CT molecular complexity index is 688. The Hall–Kier alpha value is -1.54. The van der Waals surface area contributed by atoms with Gasteiger partial charge in [0.2, 0.25) is 0 Å². The molecule has 0 spiro atoms. The quantitative estimate of drug-likeness (QED) is 0.557. The first kappa shape index (κ1) is 15.8. The second-order valence-electron chi connectivity index (χ2n) is 4.13. The topological polar surface area (TPSA) is 55.2 Å². The number of nitrogens with zero attached hydrogens (tertiary/aromatic N) is 1. The third kappa shape index (κ3) is 3.76. The molecule has 0 aliphatic heterocycles. The van der Waals surface area contributed by atoms with E-state index in [1.165, 1.54) is 18.2 Å². The van der Waals surface area contributed by atoms with Gasteiger partial charge in [0.25, 0.3) is 5.69 Å². The predicted molar refractivity (Wildman–Crippen MR) is 82.2 cm³/mol. The fourth-order valence-electron chi connectivity index (χ4n) is 1.69. The molecule has 8 heteroatoms. The molecule has 0 amide bonds. The average Bonchev–Trinajstić information content (AvgIpc) is 2.38. The summed E-state index contributed by atoms with van der Waals surface area (Å²) in [4.78, 5) is 10.1. The van der Waals surface area contributed by atoms with Crippen LogP contribution in [0, 0.1) is 21.7 Å². The van der Waals surface area contributed by atoms with Gasteiger partial charge in [0.1, 0.15) is 17.3 Å². The minimum absolute atomic E-state index is 0.0633. The van der Waals surface area contributed by atoms with E-state index < -0.39 is 16.6 Å². The summed E-state index contributed by atoms with van der Waals surface area (Å²) in [6.07, 6.45) is 0. The van der Waals surface area contributed by atoms with Gasteiger partial charge in [-0.2, -0.15) is 0 Å². The van der Waals surface area contributed by atoms with Gasteiger partial charge < -0.3 is 5.32 Å². The molecule has 0 radical (unpaired) electrons. The van der Waals surface area contributed by atoms with Crippen LogP contribution in [0.3, 0.4) is 0 Å². The van der Waals surface area contributed by atoms with Crippen LogP contribution in [0.4, 0.5) is 20.2 Å². The number of benzene rings is 2. The van der Waals surface area contributed by atoms with Crippen LogP contribution >= 0.6 is 31.9 Å². The highest BCUT2D eigenvalue weighted by atomic mass is 79.9. The number of halogens is 4. The lowest BCUT2D eigenvalue weighted by atomic mass is 10.2. The molecular weight excluding hydrogens is 414 g/mol. The molecule has 0 saturated heterocycles. The first-order valence-corrected chi connectivity index (χ1v) is 7.28. The molecule has 1 N–H and O–H groups in total. The Kier molecular flexibility index (Phi) is 4.89. The average molecular weight is 422 g/mol. The number of rotatable bonds is 4. The lowest BCUT2D eigenvalue weighted by molar-refractivity contribution is -0.384. The Balaban J connectivity index is 2.19. The van der Waals surface area contributed by atoms with E-state index in [0.29, 0.717) is 14.5 Å². The van der Waals surface area contributed by atoms with Gasteiger partial charge in [-0.05, 0) is 23.8 Å². The predicted octanol–water partition coefficient (Wildman–Crippen LogP) is 5.01. The Morgan fingerprint density at radius 1 is 1.14 bits per heavy atom. The zero-order chi connectivity index (χ0) is 15.6. The molecule has 0 aliphatic carbocycles. The smallest absolute Gasteiger partial charge is 0.270 e. The van der Waals surface area contributed by atoms with Crippen molar-refractivity contribution in [3.05, 3.63) is 66.6 Å². The van der Waals surface area contributed by atoms with Crippen LogP contribution in [0.1, 0.15) is 5.56 Å². The maximum atomic E-state index is 13.7. The van der Waals surface area contributed by atoms with Crippen LogP contribution < -0.4 is 5.32 Å². The van der Waals surface area contributed by atoms with Crippen molar-refractivity contribution in [3.8, 4) is 0 Å². The maximum Gasteiger partial charge on any atom is 0.270 e. The number of anilines is 1. The van der Waals surface area contributed by atoms with Gasteiger partial charge in [-0.15, -0.1) is 0 Å². The van der Waals surface area contributed by atoms with Crippen molar-refractivity contribution in [1.29, 1.82) is 0 Å². The van der Waals surface area contributed by atoms with Crippen molar-refractivity contribution in [3.63, 3.8) is 0 Å². The molecule has 2 rings (SSSR count). The fourth-order valence-corrected chi connectivity index (χ4v) is 2.60. The van der Waals surface area contributed by atoms with Gasteiger partial charge in [-0.3, -0.25) is 10.1 Å². The summed E-state index contributed by atoms with van der Waals surface area (Å²) in [6, 6.07) is 6.48. The second-order valence-corrected chi connectivity index (χ2v) is 5.90. The van der Waals surface area contributed by atoms with Crippen LogP contribution in [-0.4, -0.2) is 4.92 Å². The lowest BCUT2D eigenvalue weighted by Gasteiger charge is -2.10. The molecule has 0 bridgehead atoms. The minimum atomic E-state index is -0.722. The van der Waals surface area contributed by atoms with Gasteiger partial charge in [0, 0.05) is 27.6 Å². The number of nitrogens with one attached hydrogen (secondary N) is 1. The lowest BCUT2D eigenvalue weighted by Crippen LogP contribution is -2.05. The zero-order valence-corrected chi connectivity index (χ0v) is 13.5. The number of hydrogen-bond donors (Lipinski definition) is 1. The normalized spacial score (nSPS) is 10.5. The molecule has 2 aromatic carbocycles. The van der Waals surface area contributed by atoms with Crippen LogP contribution in [-0.2, 0) is 6.54 Å². The highest BCUT2D eigenvalue weighted by Crippen LogP contribution is 2.27. The van der Waals surface area contributed by atoms with Gasteiger partial charge in [-0.25, -0.2) is 8.78 Å². The number of nitro benzene ring substituents is 1. The van der Waals surface area contributed by atoms with Crippen LogP contribution in [0.25, 0.3) is 0 Å². The molecule has 2 aromatic rings. The van der Waals surface area contributed by atoms with E-state index in [9.17, 15) is 18.9 Å². The molecule has 0 unspecified atom stereocenters. The van der Waals surface area contributed by atoms with E-state index in [4.69, 9.17) is 0 Å². The van der Waals surface area contributed by atoms with Gasteiger partial charge in [0.15, 0.2) is 0 Å². The SMILES string of the molecule is O=[N+]([O-])c1ccc(CNc2c(F)cc(Br)cc2F)c(Br)c1. The molecule has 110 valence electrons. The van der Waals surface area contributed by atoms with E-state index >= 15 is 0 Å². The van der Waals surface area contributed by atoms with E-state index in [1.807, 2.05) is 0 Å². The molecule has 21 heavy (non-hydrogen) atoms. The fraction of sp³-hybridized carbons (Fsp3) is 0.0769. The van der Waals surface area contributed by atoms with Gasteiger partial charge in [-0.1, -0.05) is 31.9 Å². The van der Waals surface area contributed by atoms with E-state index in [2.05, 4.69) is 37.2 Å². The number of nitro groups is 1. The summed E-state index contributed by atoms with van der Waals surface area (Å²) in [7, 11) is 0. The Labute approximate surface area is 135 Å².